The molecular formula is C36H33Cl3N4O3S. The summed E-state index contributed by atoms with van der Waals surface area (Å²) in [5.74, 6) is 0.636. The lowest BCUT2D eigenvalue weighted by Crippen LogP contribution is -2.14. The summed E-state index contributed by atoms with van der Waals surface area (Å²) in [6, 6.07) is 27.6. The Balaban J connectivity index is 0.00000217. The van der Waals surface area contributed by atoms with Gasteiger partial charge >= 0.3 is 5.97 Å². The van der Waals surface area contributed by atoms with E-state index in [0.29, 0.717) is 28.3 Å². The number of thiazole rings is 1. The van der Waals surface area contributed by atoms with Crippen molar-refractivity contribution < 1.29 is 14.6 Å². The van der Waals surface area contributed by atoms with E-state index in [0.717, 1.165) is 63.4 Å². The number of nitrogens with two attached hydrogens (primary N) is 1. The van der Waals surface area contributed by atoms with Crippen molar-refractivity contribution in [2.75, 3.05) is 5.73 Å². The van der Waals surface area contributed by atoms with E-state index < -0.39 is 5.97 Å². The van der Waals surface area contributed by atoms with Gasteiger partial charge in [-0.3, -0.25) is 0 Å². The number of rotatable bonds is 8. The van der Waals surface area contributed by atoms with Gasteiger partial charge in [-0.15, -0.1) is 36.2 Å². The Kier molecular flexibility index (Phi) is 10.8. The lowest BCUT2D eigenvalue weighted by molar-refractivity contribution is 0.0697. The Morgan fingerprint density at radius 3 is 2.28 bits per heavy atom. The highest BCUT2D eigenvalue weighted by Gasteiger charge is 2.23. The molecule has 3 N–H and O–H groups in total. The zero-order valence-electron chi connectivity index (χ0n) is 25.3. The molecule has 47 heavy (non-hydrogen) atoms. The van der Waals surface area contributed by atoms with Crippen molar-refractivity contribution in [1.82, 2.24) is 14.5 Å². The van der Waals surface area contributed by atoms with E-state index in [2.05, 4.69) is 27.8 Å². The summed E-state index contributed by atoms with van der Waals surface area (Å²) in [7, 11) is 0. The number of nitrogens with zero attached hydrogens (tertiary/aromatic N) is 3. The molecule has 0 saturated heterocycles. The van der Waals surface area contributed by atoms with E-state index in [-0.39, 0.29) is 30.4 Å². The van der Waals surface area contributed by atoms with Gasteiger partial charge in [-0.1, -0.05) is 55.1 Å². The summed E-state index contributed by atoms with van der Waals surface area (Å²) in [6.45, 7) is 0.351. The fourth-order valence-electron chi connectivity index (χ4n) is 6.21. The first-order chi connectivity index (χ1) is 21.9. The van der Waals surface area contributed by atoms with Gasteiger partial charge in [0, 0.05) is 27.6 Å². The van der Waals surface area contributed by atoms with Crippen LogP contribution in [0.2, 0.25) is 5.02 Å². The molecule has 0 atom stereocenters. The molecule has 1 aliphatic rings. The first kappa shape index (κ1) is 34.3. The van der Waals surface area contributed by atoms with Crippen LogP contribution in [0.3, 0.4) is 0 Å². The first-order valence-corrected chi connectivity index (χ1v) is 16.3. The van der Waals surface area contributed by atoms with Crippen LogP contribution < -0.4 is 10.5 Å². The average molecular weight is 708 g/mol. The minimum Gasteiger partial charge on any atom is -0.489 e. The van der Waals surface area contributed by atoms with E-state index in [1.165, 1.54) is 30.6 Å². The third-order valence-corrected chi connectivity index (χ3v) is 9.39. The number of halogens is 3. The van der Waals surface area contributed by atoms with Crippen LogP contribution in [0.15, 0.2) is 90.3 Å². The molecule has 2 aromatic heterocycles. The second kappa shape index (κ2) is 14.8. The third-order valence-electron chi connectivity index (χ3n) is 8.46. The van der Waals surface area contributed by atoms with E-state index in [9.17, 15) is 9.90 Å². The number of benzene rings is 4. The van der Waals surface area contributed by atoms with E-state index in [1.807, 2.05) is 60.0 Å². The minimum atomic E-state index is -0.951. The number of carboxylic acid groups (broad SMARTS) is 1. The lowest BCUT2D eigenvalue weighted by Gasteiger charge is -2.25. The number of carbonyl (C=O) groups is 1. The Bertz CT molecular complexity index is 2000. The number of hydrogen-bond donors (Lipinski definition) is 2. The number of fused-ring (bicyclic) bond motifs is 1. The van der Waals surface area contributed by atoms with Gasteiger partial charge in [-0.2, -0.15) is 0 Å². The summed E-state index contributed by atoms with van der Waals surface area (Å²) >= 11 is 7.59. The number of aromatic nitrogens is 3. The predicted octanol–water partition coefficient (Wildman–Crippen LogP) is 10.4. The summed E-state index contributed by atoms with van der Waals surface area (Å²) in [5, 5.41) is 12.7. The maximum Gasteiger partial charge on any atom is 0.335 e. The molecule has 0 unspecified atom stereocenters. The highest BCUT2D eigenvalue weighted by Crippen LogP contribution is 2.37. The standard InChI is InChI=1S/C36H31ClN4O3S.2ClH/c37-27-12-6-22(7-13-27)30-16-10-24(32-21-45-36(38)40-32)18-26(30)20-44-29-14-8-23(9-15-29)34-39-31-19-25(35(42)43)11-17-33(31)41(34)28-4-2-1-3-5-28;;/h6-19,21,28H,1-5,20H2,(H2,38,40)(H,42,43);2*1H. The van der Waals surface area contributed by atoms with Crippen molar-refractivity contribution >= 4 is 69.9 Å². The molecule has 4 aromatic carbocycles. The largest absolute Gasteiger partial charge is 0.489 e. The van der Waals surface area contributed by atoms with Crippen LogP contribution in [0.4, 0.5) is 5.13 Å². The summed E-state index contributed by atoms with van der Waals surface area (Å²) < 4.78 is 8.66. The van der Waals surface area contributed by atoms with Crippen LogP contribution in [-0.2, 0) is 6.61 Å². The number of carboxylic acids is 1. The summed E-state index contributed by atoms with van der Waals surface area (Å²) in [6.07, 6.45) is 5.78. The fourth-order valence-corrected chi connectivity index (χ4v) is 6.91. The Morgan fingerprint density at radius 2 is 1.60 bits per heavy atom. The molecule has 2 heterocycles. The van der Waals surface area contributed by atoms with Crippen molar-refractivity contribution in [3.05, 3.63) is 106 Å². The summed E-state index contributed by atoms with van der Waals surface area (Å²) in [5.41, 5.74) is 13.7. The zero-order valence-corrected chi connectivity index (χ0v) is 28.5. The van der Waals surface area contributed by atoms with Gasteiger partial charge in [0.25, 0.3) is 0 Å². The quantitative estimate of drug-likeness (QED) is 0.163. The average Bonchev–Trinajstić information content (AvgIpc) is 3.68. The molecule has 242 valence electrons. The topological polar surface area (TPSA) is 103 Å². The third kappa shape index (κ3) is 7.26. The predicted molar refractivity (Wildman–Crippen MR) is 195 cm³/mol. The molecule has 1 saturated carbocycles. The lowest BCUT2D eigenvalue weighted by atomic mass is 9.95. The molecule has 0 spiro atoms. The smallest absolute Gasteiger partial charge is 0.335 e. The van der Waals surface area contributed by atoms with Crippen LogP contribution in [0.5, 0.6) is 5.75 Å². The number of nitrogen functional groups attached to an aromatic ring is 1. The Labute approximate surface area is 294 Å². The van der Waals surface area contributed by atoms with Gasteiger partial charge in [0.2, 0.25) is 0 Å². The van der Waals surface area contributed by atoms with Crippen LogP contribution in [0.1, 0.15) is 54.1 Å². The van der Waals surface area contributed by atoms with Crippen LogP contribution in [0, 0.1) is 0 Å². The molecule has 7 nitrogen and oxygen atoms in total. The molecule has 0 bridgehead atoms. The maximum absolute atomic E-state index is 11.7. The van der Waals surface area contributed by atoms with Gasteiger partial charge in [-0.05, 0) is 90.2 Å². The van der Waals surface area contributed by atoms with E-state index >= 15 is 0 Å². The Morgan fingerprint density at radius 1 is 0.894 bits per heavy atom. The number of anilines is 1. The van der Waals surface area contributed by atoms with Gasteiger partial charge in [0.1, 0.15) is 18.2 Å². The van der Waals surface area contributed by atoms with Crippen molar-refractivity contribution in [1.29, 1.82) is 0 Å². The molecule has 6 aromatic rings. The van der Waals surface area contributed by atoms with Crippen molar-refractivity contribution in [3.63, 3.8) is 0 Å². The van der Waals surface area contributed by atoms with Gasteiger partial charge in [0.15, 0.2) is 5.13 Å². The minimum absolute atomic E-state index is 0. The fraction of sp³-hybridized carbons (Fsp3) is 0.194. The first-order valence-electron chi connectivity index (χ1n) is 15.0. The maximum atomic E-state index is 11.7. The number of hydrogen-bond acceptors (Lipinski definition) is 6. The molecule has 1 aliphatic carbocycles. The molecule has 1 fully saturated rings. The molecule has 0 radical (unpaired) electrons. The number of imidazole rings is 1. The summed E-state index contributed by atoms with van der Waals surface area (Å²) in [4.78, 5) is 21.1. The molecule has 0 amide bonds. The SMILES string of the molecule is Cl.Cl.Nc1nc(-c2ccc(-c3ccc(Cl)cc3)c(COc3ccc(-c4nc5cc(C(=O)O)ccc5n4C4CCCCC4)cc3)c2)cs1. The monoisotopic (exact) mass is 706 g/mol. The number of aromatic carboxylic acids is 1. The number of ether oxygens (including phenoxy) is 1. The van der Waals surface area contributed by atoms with Gasteiger partial charge in [0.05, 0.1) is 22.3 Å². The van der Waals surface area contributed by atoms with E-state index in [1.54, 1.807) is 12.1 Å². The van der Waals surface area contributed by atoms with Gasteiger partial charge in [-0.25, -0.2) is 14.8 Å². The zero-order chi connectivity index (χ0) is 30.9. The van der Waals surface area contributed by atoms with Crippen LogP contribution >= 0.6 is 47.8 Å². The van der Waals surface area contributed by atoms with Crippen LogP contribution in [0.25, 0.3) is 44.8 Å². The molecule has 7 rings (SSSR count). The van der Waals surface area contributed by atoms with Crippen molar-refractivity contribution in [2.24, 2.45) is 0 Å². The highest BCUT2D eigenvalue weighted by molar-refractivity contribution is 7.13. The van der Waals surface area contributed by atoms with Crippen molar-refractivity contribution in [2.45, 2.75) is 44.8 Å². The highest BCUT2D eigenvalue weighted by atomic mass is 35.5. The van der Waals surface area contributed by atoms with E-state index in [4.69, 9.17) is 27.1 Å². The Hall–Kier alpha value is -4.08. The normalized spacial score (nSPS) is 13.1. The molecule has 0 aliphatic heterocycles. The van der Waals surface area contributed by atoms with Gasteiger partial charge < -0.3 is 20.1 Å². The van der Waals surface area contributed by atoms with Crippen LogP contribution in [-0.4, -0.2) is 25.6 Å². The molecule has 11 heteroatoms. The molecular weight excluding hydrogens is 675 g/mol. The second-order valence-corrected chi connectivity index (χ2v) is 12.7. The van der Waals surface area contributed by atoms with Crippen molar-refractivity contribution in [3.8, 4) is 39.5 Å². The second-order valence-electron chi connectivity index (χ2n) is 11.4.